The maximum Gasteiger partial charge on any atom is 0.169 e. The second-order valence-corrected chi connectivity index (χ2v) is 15.8. The molecule has 0 unspecified atom stereocenters. The molecule has 0 bridgehead atoms. The Morgan fingerprint density at radius 1 is 0.520 bits per heavy atom. The number of fused-ring (bicyclic) bond motifs is 1. The van der Waals surface area contributed by atoms with Crippen LogP contribution >= 0.6 is 0 Å². The summed E-state index contributed by atoms with van der Waals surface area (Å²) in [6, 6.07) is 0.971. The maximum absolute atomic E-state index is 6.97. The standard InChI is InChI=1S/C46H84N2O2/c1-6-8-10-12-14-16-18-20-22-24-26-28-30-32-34-36-38-46(49-44-40-42(47-3)43(48(4)5)41-45(44)50-46)39-37-35-33-31-29-27-25-23-21-19-17-15-13-11-9-7-2/h14-17,20-23,42-45,47H,6-13,18-19,24-41H2,1-5H3/b16-14-,17-15-,22-20-,23-21-/t42-,43+,44+,45-/m0/s1. The van der Waals surface area contributed by atoms with Crippen LogP contribution < -0.4 is 5.32 Å². The number of ether oxygens (including phenoxy) is 2. The Morgan fingerprint density at radius 2 is 0.900 bits per heavy atom. The minimum Gasteiger partial charge on any atom is -0.344 e. The summed E-state index contributed by atoms with van der Waals surface area (Å²) in [4.78, 5) is 2.38. The van der Waals surface area contributed by atoms with Crippen molar-refractivity contribution in [2.75, 3.05) is 21.1 Å². The third-order valence-corrected chi connectivity index (χ3v) is 11.1. The van der Waals surface area contributed by atoms with Gasteiger partial charge in [-0.15, -0.1) is 0 Å². The molecule has 1 heterocycles. The molecule has 1 N–H and O–H groups in total. The number of nitrogens with one attached hydrogen (secondary N) is 1. The predicted octanol–water partition coefficient (Wildman–Crippen LogP) is 13.2. The Labute approximate surface area is 312 Å². The van der Waals surface area contributed by atoms with Crippen molar-refractivity contribution in [2.24, 2.45) is 0 Å². The van der Waals surface area contributed by atoms with Gasteiger partial charge < -0.3 is 19.7 Å². The quantitative estimate of drug-likeness (QED) is 0.0561. The zero-order valence-corrected chi connectivity index (χ0v) is 34.0. The zero-order chi connectivity index (χ0) is 36.0. The third-order valence-electron chi connectivity index (χ3n) is 11.1. The molecule has 0 aromatic rings. The normalized spacial score (nSPS) is 22.4. The molecule has 1 saturated heterocycles. The summed E-state index contributed by atoms with van der Waals surface area (Å²) in [5.41, 5.74) is 0. The van der Waals surface area contributed by atoms with Crippen molar-refractivity contribution >= 4 is 0 Å². The molecule has 0 aromatic heterocycles. The van der Waals surface area contributed by atoms with Gasteiger partial charge in [-0.2, -0.15) is 0 Å². The number of nitrogens with zero attached hydrogens (tertiary/aromatic N) is 1. The molecule has 1 aliphatic carbocycles. The molecule has 1 aliphatic heterocycles. The summed E-state index contributed by atoms with van der Waals surface area (Å²) in [5, 5.41) is 3.59. The lowest BCUT2D eigenvalue weighted by molar-refractivity contribution is -0.186. The van der Waals surface area contributed by atoms with E-state index in [1.165, 1.54) is 141 Å². The van der Waals surface area contributed by atoms with E-state index in [4.69, 9.17) is 9.47 Å². The van der Waals surface area contributed by atoms with Gasteiger partial charge in [0.25, 0.3) is 0 Å². The topological polar surface area (TPSA) is 33.7 Å². The fraction of sp³-hybridized carbons (Fsp3) is 0.826. The second kappa shape index (κ2) is 30.3. The summed E-state index contributed by atoms with van der Waals surface area (Å²) in [7, 11) is 6.54. The van der Waals surface area contributed by atoms with Crippen LogP contribution in [0.2, 0.25) is 0 Å². The molecule has 4 atom stereocenters. The third kappa shape index (κ3) is 20.7. The second-order valence-electron chi connectivity index (χ2n) is 15.8. The molecule has 1 saturated carbocycles. The van der Waals surface area contributed by atoms with Crippen LogP contribution in [0.1, 0.15) is 194 Å². The first-order chi connectivity index (χ1) is 24.5. The maximum atomic E-state index is 6.97. The van der Waals surface area contributed by atoms with Gasteiger partial charge in [0.15, 0.2) is 5.79 Å². The number of hydrogen-bond acceptors (Lipinski definition) is 4. The van der Waals surface area contributed by atoms with Crippen LogP contribution in [0.3, 0.4) is 0 Å². The summed E-state index contributed by atoms with van der Waals surface area (Å²) >= 11 is 0. The summed E-state index contributed by atoms with van der Waals surface area (Å²) < 4.78 is 13.9. The smallest absolute Gasteiger partial charge is 0.169 e. The van der Waals surface area contributed by atoms with Crippen molar-refractivity contribution in [2.45, 2.75) is 224 Å². The predicted molar refractivity (Wildman–Crippen MR) is 220 cm³/mol. The molecular weight excluding hydrogens is 613 g/mol. The summed E-state index contributed by atoms with van der Waals surface area (Å²) in [6.07, 6.45) is 54.5. The molecule has 0 spiro atoms. The highest BCUT2D eigenvalue weighted by Gasteiger charge is 2.51. The van der Waals surface area contributed by atoms with Gasteiger partial charge in [-0.1, -0.05) is 140 Å². The number of hydrogen-bond donors (Lipinski definition) is 1. The largest absolute Gasteiger partial charge is 0.344 e. The molecule has 0 amide bonds. The van der Waals surface area contributed by atoms with Crippen LogP contribution in [-0.4, -0.2) is 56.1 Å². The lowest BCUT2D eigenvalue weighted by Crippen LogP contribution is -2.54. The van der Waals surface area contributed by atoms with Gasteiger partial charge in [0.1, 0.15) is 0 Å². The number of rotatable bonds is 32. The van der Waals surface area contributed by atoms with Crippen molar-refractivity contribution in [3.05, 3.63) is 48.6 Å². The zero-order valence-electron chi connectivity index (χ0n) is 34.0. The Hall–Kier alpha value is -1.20. The van der Waals surface area contributed by atoms with Gasteiger partial charge in [-0.3, -0.25) is 0 Å². The van der Waals surface area contributed by atoms with Crippen LogP contribution in [0.25, 0.3) is 0 Å². The minimum atomic E-state index is -0.362. The van der Waals surface area contributed by atoms with E-state index in [-0.39, 0.29) is 18.0 Å². The first-order valence-corrected chi connectivity index (χ1v) is 21.8. The van der Waals surface area contributed by atoms with E-state index in [1.54, 1.807) is 0 Å². The molecule has 0 aromatic carbocycles. The first kappa shape index (κ1) is 45.0. The van der Waals surface area contributed by atoms with Crippen LogP contribution in [0.15, 0.2) is 48.6 Å². The first-order valence-electron chi connectivity index (χ1n) is 21.8. The fourth-order valence-electron chi connectivity index (χ4n) is 7.95. The monoisotopic (exact) mass is 697 g/mol. The average molecular weight is 697 g/mol. The molecular formula is C46H84N2O2. The van der Waals surface area contributed by atoms with Gasteiger partial charge in [-0.25, -0.2) is 0 Å². The Balaban J connectivity index is 1.65. The number of allylic oxidation sites excluding steroid dienone is 8. The van der Waals surface area contributed by atoms with Crippen LogP contribution in [0, 0.1) is 0 Å². The average Bonchev–Trinajstić information content (AvgIpc) is 3.48. The highest BCUT2D eigenvalue weighted by Crippen LogP contribution is 2.43. The minimum absolute atomic E-state index is 0.234. The van der Waals surface area contributed by atoms with Gasteiger partial charge in [-0.05, 0) is 111 Å². The SMILES string of the molecule is CCCCC/C=C\C/C=C\CCCCCCCCC1(CCCCCCCC/C=C\C/C=C\CCCCC)O[C@H]2C[C@@H](N(C)C)[C@@H](NC)C[C@H]2O1. The van der Waals surface area contributed by atoms with E-state index in [2.05, 4.69) is 93.8 Å². The van der Waals surface area contributed by atoms with Crippen LogP contribution in [-0.2, 0) is 9.47 Å². The highest BCUT2D eigenvalue weighted by molar-refractivity contribution is 4.99. The molecule has 2 aliphatic rings. The van der Waals surface area contributed by atoms with Gasteiger partial charge in [0.05, 0.1) is 12.2 Å². The number of unbranched alkanes of at least 4 members (excludes halogenated alkanes) is 18. The Morgan fingerprint density at radius 3 is 1.30 bits per heavy atom. The molecule has 290 valence electrons. The number of likely N-dealkylation sites (N-methyl/N-ethyl adjacent to an activating group) is 2. The van der Waals surface area contributed by atoms with Crippen molar-refractivity contribution in [3.63, 3.8) is 0 Å². The molecule has 2 fully saturated rings. The lowest BCUT2D eigenvalue weighted by Gasteiger charge is -2.40. The van der Waals surface area contributed by atoms with Crippen LogP contribution in [0.4, 0.5) is 0 Å². The van der Waals surface area contributed by atoms with E-state index in [9.17, 15) is 0 Å². The summed E-state index contributed by atoms with van der Waals surface area (Å²) in [5.74, 6) is -0.362. The van der Waals surface area contributed by atoms with E-state index >= 15 is 0 Å². The summed E-state index contributed by atoms with van der Waals surface area (Å²) in [6.45, 7) is 4.54. The van der Waals surface area contributed by atoms with E-state index in [0.29, 0.717) is 12.1 Å². The molecule has 0 radical (unpaired) electrons. The van der Waals surface area contributed by atoms with E-state index < -0.39 is 0 Å². The van der Waals surface area contributed by atoms with Crippen molar-refractivity contribution in [3.8, 4) is 0 Å². The van der Waals surface area contributed by atoms with Gasteiger partial charge in [0, 0.05) is 24.9 Å². The van der Waals surface area contributed by atoms with Crippen LogP contribution in [0.5, 0.6) is 0 Å². The highest BCUT2D eigenvalue weighted by atomic mass is 16.8. The van der Waals surface area contributed by atoms with Crippen molar-refractivity contribution in [1.29, 1.82) is 0 Å². The molecule has 2 rings (SSSR count). The van der Waals surface area contributed by atoms with Crippen molar-refractivity contribution < 1.29 is 9.47 Å². The van der Waals surface area contributed by atoms with Gasteiger partial charge in [0.2, 0.25) is 0 Å². The molecule has 50 heavy (non-hydrogen) atoms. The Bertz CT molecular complexity index is 845. The Kier molecular flexibility index (Phi) is 27.2. The van der Waals surface area contributed by atoms with E-state index in [1.807, 2.05) is 0 Å². The van der Waals surface area contributed by atoms with E-state index in [0.717, 1.165) is 38.5 Å². The molecule has 4 heteroatoms. The van der Waals surface area contributed by atoms with Gasteiger partial charge >= 0.3 is 0 Å². The molecule has 4 nitrogen and oxygen atoms in total. The lowest BCUT2D eigenvalue weighted by atomic mass is 9.85. The van der Waals surface area contributed by atoms with Crippen molar-refractivity contribution in [1.82, 2.24) is 10.2 Å². The fourth-order valence-corrected chi connectivity index (χ4v) is 7.95.